The molecule has 4 rings (SSSR count). The van der Waals surface area contributed by atoms with Gasteiger partial charge in [0.1, 0.15) is 11.6 Å². The van der Waals surface area contributed by atoms with Crippen molar-refractivity contribution in [2.24, 2.45) is 0 Å². The van der Waals surface area contributed by atoms with Crippen LogP contribution in [-0.4, -0.2) is 61.5 Å². The summed E-state index contributed by atoms with van der Waals surface area (Å²) >= 11 is 0. The zero-order chi connectivity index (χ0) is 23.8. The molecule has 0 unspecified atom stereocenters. The first-order valence-electron chi connectivity index (χ1n) is 10.1. The number of carbonyl (C=O) groups is 3. The van der Waals surface area contributed by atoms with E-state index in [-0.39, 0.29) is 56.7 Å². The maximum atomic E-state index is 14.0. The van der Waals surface area contributed by atoms with Crippen molar-refractivity contribution in [1.29, 1.82) is 0 Å². The van der Waals surface area contributed by atoms with Gasteiger partial charge < -0.3 is 4.90 Å². The number of piperazine rings is 1. The highest BCUT2D eigenvalue weighted by atomic mass is 32.2. The van der Waals surface area contributed by atoms with Gasteiger partial charge in [0, 0.05) is 44.6 Å². The Kier molecular flexibility index (Phi) is 6.13. The minimum atomic E-state index is -4.39. The molecule has 2 saturated heterocycles. The molecular formula is C21H20F2N4O5S. The molecule has 2 aromatic rings. The number of rotatable bonds is 4. The van der Waals surface area contributed by atoms with Gasteiger partial charge in [0.2, 0.25) is 21.8 Å². The number of nitrogens with one attached hydrogen (secondary N) is 1. The molecule has 2 aliphatic heterocycles. The van der Waals surface area contributed by atoms with Crippen LogP contribution in [0.3, 0.4) is 0 Å². The highest BCUT2D eigenvalue weighted by Gasteiger charge is 2.34. The fourth-order valence-corrected chi connectivity index (χ4v) is 5.24. The minimum Gasteiger partial charge on any atom is -0.336 e. The smallest absolute Gasteiger partial charge is 0.253 e. The Balaban J connectivity index is 1.42. The van der Waals surface area contributed by atoms with E-state index in [9.17, 15) is 31.6 Å². The van der Waals surface area contributed by atoms with Crippen molar-refractivity contribution in [3.05, 3.63) is 59.7 Å². The second-order valence-corrected chi connectivity index (χ2v) is 9.43. The van der Waals surface area contributed by atoms with Crippen LogP contribution in [0, 0.1) is 11.6 Å². The standard InChI is InChI=1S/C21H20F2N4O5S/c22-16-2-1-3-17(23)20(16)33(31,32)26-12-10-25(11-13-26)21(30)14-4-6-15(7-5-14)27-19(29)9-8-18(28)24-27/h1-7H,8-13H2,(H,24,28). The number of hydrogen-bond donors (Lipinski definition) is 1. The van der Waals surface area contributed by atoms with Gasteiger partial charge in [-0.25, -0.2) is 22.2 Å². The Labute approximate surface area is 188 Å². The number of hydrazine groups is 1. The largest absolute Gasteiger partial charge is 0.336 e. The summed E-state index contributed by atoms with van der Waals surface area (Å²) in [4.78, 5) is 36.8. The van der Waals surface area contributed by atoms with Gasteiger partial charge in [-0.3, -0.25) is 19.8 Å². The van der Waals surface area contributed by atoms with Gasteiger partial charge in [-0.1, -0.05) is 6.07 Å². The van der Waals surface area contributed by atoms with Crippen molar-refractivity contribution in [1.82, 2.24) is 14.6 Å². The van der Waals surface area contributed by atoms with Gasteiger partial charge in [-0.05, 0) is 36.4 Å². The lowest BCUT2D eigenvalue weighted by Crippen LogP contribution is -2.51. The van der Waals surface area contributed by atoms with Crippen LogP contribution in [0.4, 0.5) is 14.5 Å². The van der Waals surface area contributed by atoms with Gasteiger partial charge in [-0.2, -0.15) is 4.31 Å². The predicted molar refractivity (Wildman–Crippen MR) is 112 cm³/mol. The molecule has 12 heteroatoms. The average molecular weight is 478 g/mol. The first-order valence-corrected chi connectivity index (χ1v) is 11.6. The van der Waals surface area contributed by atoms with Crippen LogP contribution in [0.1, 0.15) is 23.2 Å². The highest BCUT2D eigenvalue weighted by Crippen LogP contribution is 2.24. The number of halogens is 2. The van der Waals surface area contributed by atoms with Crippen molar-refractivity contribution >= 4 is 33.4 Å². The van der Waals surface area contributed by atoms with Crippen LogP contribution in [0.25, 0.3) is 0 Å². The van der Waals surface area contributed by atoms with E-state index >= 15 is 0 Å². The summed E-state index contributed by atoms with van der Waals surface area (Å²) in [5.74, 6) is -3.24. The molecule has 0 bridgehead atoms. The zero-order valence-electron chi connectivity index (χ0n) is 17.3. The maximum absolute atomic E-state index is 14.0. The van der Waals surface area contributed by atoms with Crippen LogP contribution in [-0.2, 0) is 19.6 Å². The topological polar surface area (TPSA) is 107 Å². The summed E-state index contributed by atoms with van der Waals surface area (Å²) in [6.07, 6.45) is 0.216. The molecule has 33 heavy (non-hydrogen) atoms. The third-order valence-electron chi connectivity index (χ3n) is 5.47. The molecule has 0 saturated carbocycles. The molecule has 2 fully saturated rings. The third kappa shape index (κ3) is 4.44. The van der Waals surface area contributed by atoms with E-state index in [0.717, 1.165) is 27.5 Å². The number of hydrogen-bond acceptors (Lipinski definition) is 5. The monoisotopic (exact) mass is 478 g/mol. The van der Waals surface area contributed by atoms with E-state index in [4.69, 9.17) is 0 Å². The first-order chi connectivity index (χ1) is 15.7. The van der Waals surface area contributed by atoms with E-state index in [0.29, 0.717) is 11.3 Å². The van der Waals surface area contributed by atoms with Crippen LogP contribution < -0.4 is 10.4 Å². The van der Waals surface area contributed by atoms with E-state index in [1.54, 1.807) is 0 Å². The normalized spacial score (nSPS) is 17.8. The summed E-state index contributed by atoms with van der Waals surface area (Å²) in [5.41, 5.74) is 3.19. The summed E-state index contributed by atoms with van der Waals surface area (Å²) < 4.78 is 54.3. The van der Waals surface area contributed by atoms with Gasteiger partial charge in [0.05, 0.1) is 5.69 Å². The lowest BCUT2D eigenvalue weighted by Gasteiger charge is -2.34. The molecule has 2 aromatic carbocycles. The fourth-order valence-electron chi connectivity index (χ4n) is 3.71. The van der Waals surface area contributed by atoms with Crippen LogP contribution in [0.15, 0.2) is 47.4 Å². The summed E-state index contributed by atoms with van der Waals surface area (Å²) in [6, 6.07) is 8.90. The number of amides is 3. The number of sulfonamides is 1. The number of carbonyl (C=O) groups excluding carboxylic acids is 3. The maximum Gasteiger partial charge on any atom is 0.253 e. The number of benzene rings is 2. The van der Waals surface area contributed by atoms with Crippen LogP contribution in [0.5, 0.6) is 0 Å². The molecule has 9 nitrogen and oxygen atoms in total. The molecule has 0 atom stereocenters. The lowest BCUT2D eigenvalue weighted by molar-refractivity contribution is -0.130. The Hall–Kier alpha value is -3.38. The Morgan fingerprint density at radius 1 is 0.879 bits per heavy atom. The van der Waals surface area contributed by atoms with Gasteiger partial charge in [-0.15, -0.1) is 0 Å². The second-order valence-electron chi connectivity index (χ2n) is 7.56. The molecule has 0 aliphatic carbocycles. The number of nitrogens with zero attached hydrogens (tertiary/aromatic N) is 3. The Morgan fingerprint density at radius 2 is 1.48 bits per heavy atom. The summed E-state index contributed by atoms with van der Waals surface area (Å²) in [6.45, 7) is -0.157. The van der Waals surface area contributed by atoms with Crippen molar-refractivity contribution < 1.29 is 31.6 Å². The zero-order valence-corrected chi connectivity index (χ0v) is 18.1. The summed E-state index contributed by atoms with van der Waals surface area (Å²) in [5, 5.41) is 1.13. The second kappa shape index (κ2) is 8.87. The van der Waals surface area contributed by atoms with E-state index in [2.05, 4.69) is 5.43 Å². The van der Waals surface area contributed by atoms with E-state index in [1.807, 2.05) is 0 Å². The van der Waals surface area contributed by atoms with Crippen molar-refractivity contribution in [2.75, 3.05) is 31.2 Å². The average Bonchev–Trinajstić information content (AvgIpc) is 2.80. The van der Waals surface area contributed by atoms with Gasteiger partial charge in [0.25, 0.3) is 5.91 Å². The summed E-state index contributed by atoms with van der Waals surface area (Å²) in [7, 11) is -4.39. The molecular weight excluding hydrogens is 458 g/mol. The number of anilines is 1. The highest BCUT2D eigenvalue weighted by molar-refractivity contribution is 7.89. The van der Waals surface area contributed by atoms with E-state index < -0.39 is 26.6 Å². The molecule has 0 aromatic heterocycles. The minimum absolute atomic E-state index is 0.0382. The van der Waals surface area contributed by atoms with Crippen molar-refractivity contribution in [3.63, 3.8) is 0 Å². The van der Waals surface area contributed by atoms with Gasteiger partial charge >= 0.3 is 0 Å². The van der Waals surface area contributed by atoms with E-state index in [1.165, 1.54) is 29.2 Å². The Bertz CT molecular complexity index is 1190. The molecule has 174 valence electrons. The van der Waals surface area contributed by atoms with Crippen molar-refractivity contribution in [3.8, 4) is 0 Å². The predicted octanol–water partition coefficient (Wildman–Crippen LogP) is 1.27. The molecule has 2 heterocycles. The molecule has 2 aliphatic rings. The van der Waals surface area contributed by atoms with Crippen LogP contribution in [0.2, 0.25) is 0 Å². The first kappa shape index (κ1) is 22.8. The molecule has 0 spiro atoms. The fraction of sp³-hybridized carbons (Fsp3) is 0.286. The SMILES string of the molecule is O=C1CCC(=O)N(c2ccc(C(=O)N3CCN(S(=O)(=O)c4c(F)cccc4F)CC3)cc2)N1. The third-order valence-corrected chi connectivity index (χ3v) is 7.42. The van der Waals surface area contributed by atoms with Crippen LogP contribution >= 0.6 is 0 Å². The van der Waals surface area contributed by atoms with Crippen molar-refractivity contribution in [2.45, 2.75) is 17.7 Å². The lowest BCUT2D eigenvalue weighted by atomic mass is 10.1. The molecule has 1 N–H and O–H groups in total. The molecule has 0 radical (unpaired) electrons. The Morgan fingerprint density at radius 3 is 2.09 bits per heavy atom. The molecule has 3 amide bonds. The quantitative estimate of drug-likeness (QED) is 0.712. The van der Waals surface area contributed by atoms with Gasteiger partial charge in [0.15, 0.2) is 4.90 Å².